The van der Waals surface area contributed by atoms with Crippen LogP contribution >= 0.6 is 22.9 Å². The van der Waals surface area contributed by atoms with Crippen molar-refractivity contribution in [1.29, 1.82) is 0 Å². The van der Waals surface area contributed by atoms with E-state index in [9.17, 15) is 5.11 Å². The molecule has 108 valence electrons. The lowest BCUT2D eigenvalue weighted by Crippen LogP contribution is -2.00. The van der Waals surface area contributed by atoms with Crippen molar-refractivity contribution in [2.24, 2.45) is 0 Å². The third kappa shape index (κ3) is 3.45. The maximum atomic E-state index is 9.41. The number of aryl methyl sites for hydroxylation is 1. The van der Waals surface area contributed by atoms with Crippen LogP contribution in [0.15, 0.2) is 24.3 Å². The van der Waals surface area contributed by atoms with Gasteiger partial charge in [0.25, 0.3) is 0 Å². The Morgan fingerprint density at radius 2 is 2.00 bits per heavy atom. The van der Waals surface area contributed by atoms with Gasteiger partial charge in [-0.15, -0.1) is 11.3 Å². The number of rotatable bonds is 6. The number of halogens is 1. The standard InChI is InChI=1S/C15H17ClO3S/c1-3-12-4-5-13(20-12)9-19-15-10(8-17)6-11(16)7-14(15)18-2/h4-7,17H,3,8-9H2,1-2H3. The first kappa shape index (κ1) is 15.2. The van der Waals surface area contributed by atoms with E-state index in [2.05, 4.69) is 19.1 Å². The molecule has 0 fully saturated rings. The molecule has 0 radical (unpaired) electrons. The van der Waals surface area contributed by atoms with Crippen molar-refractivity contribution >= 4 is 22.9 Å². The number of aliphatic hydroxyl groups is 1. The van der Waals surface area contributed by atoms with Gasteiger partial charge in [0, 0.05) is 26.4 Å². The molecule has 0 saturated carbocycles. The van der Waals surface area contributed by atoms with E-state index in [-0.39, 0.29) is 6.61 Å². The first-order valence-corrected chi connectivity index (χ1v) is 7.55. The van der Waals surface area contributed by atoms with Gasteiger partial charge < -0.3 is 14.6 Å². The summed E-state index contributed by atoms with van der Waals surface area (Å²) in [6.45, 7) is 2.44. The zero-order chi connectivity index (χ0) is 14.5. The highest BCUT2D eigenvalue weighted by atomic mass is 35.5. The van der Waals surface area contributed by atoms with Gasteiger partial charge in [0.05, 0.1) is 13.7 Å². The number of methoxy groups -OCH3 is 1. The van der Waals surface area contributed by atoms with Gasteiger partial charge in [0.15, 0.2) is 11.5 Å². The first-order chi connectivity index (χ1) is 9.67. The first-order valence-electron chi connectivity index (χ1n) is 6.35. The molecule has 1 N–H and O–H groups in total. The van der Waals surface area contributed by atoms with Crippen LogP contribution in [0.25, 0.3) is 0 Å². The van der Waals surface area contributed by atoms with Crippen LogP contribution in [0.5, 0.6) is 11.5 Å². The second-order valence-electron chi connectivity index (χ2n) is 4.26. The summed E-state index contributed by atoms with van der Waals surface area (Å²) in [7, 11) is 1.56. The van der Waals surface area contributed by atoms with Gasteiger partial charge in [-0.3, -0.25) is 0 Å². The number of hydrogen-bond donors (Lipinski definition) is 1. The van der Waals surface area contributed by atoms with E-state index in [4.69, 9.17) is 21.1 Å². The Morgan fingerprint density at radius 3 is 2.60 bits per heavy atom. The largest absolute Gasteiger partial charge is 0.493 e. The Balaban J connectivity index is 2.19. The molecule has 3 nitrogen and oxygen atoms in total. The highest BCUT2D eigenvalue weighted by Crippen LogP contribution is 2.35. The van der Waals surface area contributed by atoms with Gasteiger partial charge in [0.2, 0.25) is 0 Å². The molecule has 2 aromatic rings. The maximum Gasteiger partial charge on any atom is 0.167 e. The van der Waals surface area contributed by atoms with Crippen LogP contribution in [-0.4, -0.2) is 12.2 Å². The minimum absolute atomic E-state index is 0.142. The number of benzene rings is 1. The summed E-state index contributed by atoms with van der Waals surface area (Å²) in [6, 6.07) is 7.53. The molecule has 2 rings (SSSR count). The van der Waals surface area contributed by atoms with E-state index in [1.54, 1.807) is 30.6 Å². The Bertz CT molecular complexity index is 555. The smallest absolute Gasteiger partial charge is 0.167 e. The topological polar surface area (TPSA) is 38.7 Å². The van der Waals surface area contributed by atoms with Gasteiger partial charge >= 0.3 is 0 Å². The second kappa shape index (κ2) is 6.97. The van der Waals surface area contributed by atoms with E-state index in [0.717, 1.165) is 11.3 Å². The Morgan fingerprint density at radius 1 is 1.25 bits per heavy atom. The van der Waals surface area contributed by atoms with Crippen molar-refractivity contribution in [2.75, 3.05) is 7.11 Å². The fourth-order valence-electron chi connectivity index (χ4n) is 1.89. The lowest BCUT2D eigenvalue weighted by Gasteiger charge is -2.14. The Kier molecular flexibility index (Phi) is 5.29. The van der Waals surface area contributed by atoms with Gasteiger partial charge in [-0.25, -0.2) is 0 Å². The van der Waals surface area contributed by atoms with E-state index in [1.807, 2.05) is 0 Å². The van der Waals surface area contributed by atoms with Gasteiger partial charge in [0.1, 0.15) is 6.61 Å². The van der Waals surface area contributed by atoms with Gasteiger partial charge in [-0.05, 0) is 24.6 Å². The second-order valence-corrected chi connectivity index (χ2v) is 5.95. The average Bonchev–Trinajstić information content (AvgIpc) is 2.92. The fourth-order valence-corrected chi connectivity index (χ4v) is 2.99. The molecule has 0 aliphatic heterocycles. The Hall–Kier alpha value is -1.23. The highest BCUT2D eigenvalue weighted by Gasteiger charge is 2.13. The normalized spacial score (nSPS) is 10.6. The predicted molar refractivity (Wildman–Crippen MR) is 82.0 cm³/mol. The molecule has 1 aromatic heterocycles. The van der Waals surface area contributed by atoms with Crippen LogP contribution < -0.4 is 9.47 Å². The summed E-state index contributed by atoms with van der Waals surface area (Å²) in [4.78, 5) is 2.47. The van der Waals surface area contributed by atoms with E-state index < -0.39 is 0 Å². The minimum atomic E-state index is -0.142. The van der Waals surface area contributed by atoms with Gasteiger partial charge in [-0.1, -0.05) is 18.5 Å². The third-order valence-corrected chi connectivity index (χ3v) is 4.33. The molecule has 0 atom stereocenters. The van der Waals surface area contributed by atoms with E-state index in [1.165, 1.54) is 4.88 Å². The lowest BCUT2D eigenvalue weighted by molar-refractivity contribution is 0.251. The number of thiophene rings is 1. The third-order valence-electron chi connectivity index (χ3n) is 2.91. The molecule has 20 heavy (non-hydrogen) atoms. The summed E-state index contributed by atoms with van der Waals surface area (Å²) in [6.07, 6.45) is 1.02. The maximum absolute atomic E-state index is 9.41. The van der Waals surface area contributed by atoms with Crippen LogP contribution in [-0.2, 0) is 19.6 Å². The van der Waals surface area contributed by atoms with Crippen molar-refractivity contribution in [1.82, 2.24) is 0 Å². The van der Waals surface area contributed by atoms with Crippen LogP contribution in [0.4, 0.5) is 0 Å². The Labute approximate surface area is 127 Å². The highest BCUT2D eigenvalue weighted by molar-refractivity contribution is 7.11. The van der Waals surface area contributed by atoms with Crippen molar-refractivity contribution in [3.8, 4) is 11.5 Å². The lowest BCUT2D eigenvalue weighted by atomic mass is 10.2. The summed E-state index contributed by atoms with van der Waals surface area (Å²) in [5.41, 5.74) is 0.627. The molecular formula is C15H17ClO3S. The summed E-state index contributed by atoms with van der Waals surface area (Å²) < 4.78 is 11.1. The molecule has 0 aliphatic rings. The number of aliphatic hydroxyl groups excluding tert-OH is 1. The van der Waals surface area contributed by atoms with Crippen LogP contribution in [0.2, 0.25) is 5.02 Å². The van der Waals surface area contributed by atoms with Crippen LogP contribution in [0.3, 0.4) is 0 Å². The average molecular weight is 313 g/mol. The quantitative estimate of drug-likeness (QED) is 0.874. The van der Waals surface area contributed by atoms with Crippen molar-refractivity contribution in [2.45, 2.75) is 26.6 Å². The molecule has 1 heterocycles. The minimum Gasteiger partial charge on any atom is -0.493 e. The molecule has 0 bridgehead atoms. The van der Waals surface area contributed by atoms with Crippen LogP contribution in [0, 0.1) is 0 Å². The number of hydrogen-bond acceptors (Lipinski definition) is 4. The molecule has 5 heteroatoms. The molecule has 0 saturated heterocycles. The molecular weight excluding hydrogens is 296 g/mol. The van der Waals surface area contributed by atoms with Crippen molar-refractivity contribution in [3.63, 3.8) is 0 Å². The zero-order valence-electron chi connectivity index (χ0n) is 11.5. The van der Waals surface area contributed by atoms with Crippen LogP contribution in [0.1, 0.15) is 22.2 Å². The van der Waals surface area contributed by atoms with E-state index >= 15 is 0 Å². The predicted octanol–water partition coefficient (Wildman–Crippen LogP) is 4.04. The molecule has 1 aromatic carbocycles. The summed E-state index contributed by atoms with van der Waals surface area (Å²) in [5, 5.41) is 9.93. The van der Waals surface area contributed by atoms with Crippen molar-refractivity contribution in [3.05, 3.63) is 44.6 Å². The molecule has 0 aliphatic carbocycles. The van der Waals surface area contributed by atoms with Crippen molar-refractivity contribution < 1.29 is 14.6 Å². The monoisotopic (exact) mass is 312 g/mol. The fraction of sp³-hybridized carbons (Fsp3) is 0.333. The summed E-state index contributed by atoms with van der Waals surface area (Å²) >= 11 is 7.70. The SMILES string of the molecule is CCc1ccc(COc2c(CO)cc(Cl)cc2OC)s1. The molecule has 0 spiro atoms. The van der Waals surface area contributed by atoms with Gasteiger partial charge in [-0.2, -0.15) is 0 Å². The molecule has 0 unspecified atom stereocenters. The molecule has 0 amide bonds. The van der Waals surface area contributed by atoms with E-state index in [0.29, 0.717) is 28.7 Å². The number of ether oxygens (including phenoxy) is 2. The summed E-state index contributed by atoms with van der Waals surface area (Å²) in [5.74, 6) is 1.08. The zero-order valence-corrected chi connectivity index (χ0v) is 13.1.